The highest BCUT2D eigenvalue weighted by molar-refractivity contribution is 14.0. The number of nitrogens with one attached hydrogen (secondary N) is 3. The van der Waals surface area contributed by atoms with Crippen molar-refractivity contribution in [3.05, 3.63) is 51.6 Å². The van der Waals surface area contributed by atoms with Crippen molar-refractivity contribution < 1.29 is 0 Å². The van der Waals surface area contributed by atoms with Crippen LogP contribution in [0.15, 0.2) is 34.8 Å². The summed E-state index contributed by atoms with van der Waals surface area (Å²) < 4.78 is 0. The van der Waals surface area contributed by atoms with Gasteiger partial charge in [0.25, 0.3) is 0 Å². The van der Waals surface area contributed by atoms with Gasteiger partial charge < -0.3 is 15.6 Å². The molecule has 0 radical (unpaired) electrons. The van der Waals surface area contributed by atoms with Crippen LogP contribution in [0.2, 0.25) is 0 Å². The predicted octanol–water partition coefficient (Wildman–Crippen LogP) is 4.58. The summed E-state index contributed by atoms with van der Waals surface area (Å²) in [5.74, 6) is 1.28. The predicted molar refractivity (Wildman–Crippen MR) is 127 cm³/mol. The van der Waals surface area contributed by atoms with Crippen LogP contribution in [-0.4, -0.2) is 29.5 Å². The smallest absolute Gasteiger partial charge is 0.191 e. The molecule has 0 fully saturated rings. The summed E-state index contributed by atoms with van der Waals surface area (Å²) in [7, 11) is 1.80. The Morgan fingerprint density at radius 3 is 2.81 bits per heavy atom. The molecule has 7 heteroatoms. The highest BCUT2D eigenvalue weighted by Gasteiger charge is 2.08. The van der Waals surface area contributed by atoms with Crippen molar-refractivity contribution in [2.45, 2.75) is 39.7 Å². The van der Waals surface area contributed by atoms with E-state index in [1.165, 1.54) is 22.0 Å². The molecule has 0 spiro atoms. The average Bonchev–Trinajstić information content (AvgIpc) is 3.26. The second-order valence-electron chi connectivity index (χ2n) is 6.73. The molecule has 3 rings (SSSR count). The van der Waals surface area contributed by atoms with Crippen molar-refractivity contribution in [2.75, 3.05) is 13.6 Å². The number of hydrogen-bond acceptors (Lipinski definition) is 3. The van der Waals surface area contributed by atoms with Crippen molar-refractivity contribution >= 4 is 52.2 Å². The minimum Gasteiger partial charge on any atom is -0.361 e. The molecule has 146 valence electrons. The Bertz CT molecular complexity index is 897. The number of H-pyrrole nitrogens is 1. The van der Waals surface area contributed by atoms with Gasteiger partial charge in [-0.25, -0.2) is 4.98 Å². The molecule has 0 aliphatic carbocycles. The number of aromatic nitrogens is 2. The van der Waals surface area contributed by atoms with E-state index in [-0.39, 0.29) is 24.0 Å². The van der Waals surface area contributed by atoms with Gasteiger partial charge in [0.15, 0.2) is 5.96 Å². The van der Waals surface area contributed by atoms with Crippen molar-refractivity contribution in [1.82, 2.24) is 20.6 Å². The molecule has 5 nitrogen and oxygen atoms in total. The summed E-state index contributed by atoms with van der Waals surface area (Å²) in [6.45, 7) is 7.99. The van der Waals surface area contributed by atoms with Crippen molar-refractivity contribution in [1.29, 1.82) is 0 Å². The molecule has 27 heavy (non-hydrogen) atoms. The highest BCUT2D eigenvalue weighted by atomic mass is 127. The lowest BCUT2D eigenvalue weighted by molar-refractivity contribution is 0.779. The van der Waals surface area contributed by atoms with Crippen LogP contribution in [0.4, 0.5) is 0 Å². The molecule has 0 saturated carbocycles. The number of thiazole rings is 1. The van der Waals surface area contributed by atoms with Crippen LogP contribution in [-0.2, 0) is 13.0 Å². The molecule has 2 heterocycles. The maximum Gasteiger partial charge on any atom is 0.191 e. The summed E-state index contributed by atoms with van der Waals surface area (Å²) in [6.07, 6.45) is 3.05. The van der Waals surface area contributed by atoms with Crippen molar-refractivity contribution in [2.24, 2.45) is 4.99 Å². The standard InChI is InChI=1S/C20H27N5S.HI/c1-13(2)17-12-26-18(25-17)11-24-20(21-4)22-9-8-15-10-23-19-14(3)6-5-7-16(15)19;/h5-7,10,12-13,23H,8-9,11H2,1-4H3,(H2,21,22,24);1H. The average molecular weight is 497 g/mol. The fraction of sp³-hybridized carbons (Fsp3) is 0.400. The Morgan fingerprint density at radius 1 is 1.30 bits per heavy atom. The van der Waals surface area contributed by atoms with Gasteiger partial charge in [-0.3, -0.25) is 4.99 Å². The molecule has 0 saturated heterocycles. The molecule has 0 aliphatic heterocycles. The third kappa shape index (κ3) is 5.44. The van der Waals surface area contributed by atoms with Gasteiger partial charge in [0.05, 0.1) is 12.2 Å². The lowest BCUT2D eigenvalue weighted by Gasteiger charge is -2.10. The molecule has 0 amide bonds. The first kappa shape index (κ1) is 21.7. The van der Waals surface area contributed by atoms with Crippen LogP contribution in [0.25, 0.3) is 10.9 Å². The SMILES string of the molecule is CN=C(NCCc1c[nH]c2c(C)cccc12)NCc1nc(C(C)C)cs1.I. The number of aliphatic imine (C=N–C) groups is 1. The normalized spacial score (nSPS) is 11.7. The Hall–Kier alpha value is -1.61. The molecular formula is C20H28IN5S. The topological polar surface area (TPSA) is 65.1 Å². The fourth-order valence-electron chi connectivity index (χ4n) is 2.94. The van der Waals surface area contributed by atoms with E-state index in [2.05, 4.69) is 76.1 Å². The summed E-state index contributed by atoms with van der Waals surface area (Å²) >= 11 is 1.69. The van der Waals surface area contributed by atoms with Crippen LogP contribution in [0.5, 0.6) is 0 Å². The van der Waals surface area contributed by atoms with Crippen LogP contribution in [0.1, 0.15) is 41.6 Å². The van der Waals surface area contributed by atoms with Gasteiger partial charge in [0.2, 0.25) is 0 Å². The zero-order chi connectivity index (χ0) is 18.5. The van der Waals surface area contributed by atoms with Crippen LogP contribution in [0, 0.1) is 6.92 Å². The van der Waals surface area contributed by atoms with Crippen LogP contribution in [0.3, 0.4) is 0 Å². The third-order valence-electron chi connectivity index (χ3n) is 4.49. The maximum absolute atomic E-state index is 4.65. The fourth-order valence-corrected chi connectivity index (χ4v) is 3.83. The van der Waals surface area contributed by atoms with Gasteiger partial charge in [0.1, 0.15) is 5.01 Å². The molecule has 0 unspecified atom stereocenters. The van der Waals surface area contributed by atoms with Gasteiger partial charge in [-0.15, -0.1) is 35.3 Å². The first-order valence-electron chi connectivity index (χ1n) is 9.03. The number of hydrogen-bond donors (Lipinski definition) is 3. The Balaban J connectivity index is 0.00000261. The molecule has 1 aromatic carbocycles. The van der Waals surface area contributed by atoms with E-state index in [9.17, 15) is 0 Å². The molecule has 3 aromatic rings. The summed E-state index contributed by atoms with van der Waals surface area (Å²) in [5, 5.41) is 11.3. The van der Waals surface area contributed by atoms with Crippen LogP contribution >= 0.6 is 35.3 Å². The molecule has 0 bridgehead atoms. The lowest BCUT2D eigenvalue weighted by atomic mass is 10.1. The lowest BCUT2D eigenvalue weighted by Crippen LogP contribution is -2.37. The van der Waals surface area contributed by atoms with Crippen LogP contribution < -0.4 is 10.6 Å². The number of aryl methyl sites for hydroxylation is 1. The quantitative estimate of drug-likeness (QED) is 0.265. The van der Waals surface area contributed by atoms with E-state index in [1.54, 1.807) is 18.4 Å². The minimum atomic E-state index is 0. The van der Waals surface area contributed by atoms with E-state index >= 15 is 0 Å². The Morgan fingerprint density at radius 2 is 2.11 bits per heavy atom. The maximum atomic E-state index is 4.65. The van der Waals surface area contributed by atoms with E-state index in [0.29, 0.717) is 12.5 Å². The summed E-state index contributed by atoms with van der Waals surface area (Å²) in [4.78, 5) is 12.3. The summed E-state index contributed by atoms with van der Waals surface area (Å²) in [5.41, 5.74) is 5.00. The van der Waals surface area contributed by atoms with Gasteiger partial charge in [-0.1, -0.05) is 32.0 Å². The number of halogens is 1. The van der Waals surface area contributed by atoms with E-state index < -0.39 is 0 Å². The van der Waals surface area contributed by atoms with Gasteiger partial charge in [0, 0.05) is 36.1 Å². The molecule has 0 atom stereocenters. The molecule has 2 aromatic heterocycles. The Labute approximate surface area is 182 Å². The van der Waals surface area contributed by atoms with E-state index in [4.69, 9.17) is 0 Å². The first-order chi connectivity index (χ1) is 12.6. The van der Waals surface area contributed by atoms with Gasteiger partial charge in [-0.05, 0) is 30.4 Å². The number of para-hydroxylation sites is 1. The van der Waals surface area contributed by atoms with Gasteiger partial charge >= 0.3 is 0 Å². The van der Waals surface area contributed by atoms with Gasteiger partial charge in [-0.2, -0.15) is 0 Å². The van der Waals surface area contributed by atoms with E-state index in [1.807, 2.05) is 0 Å². The number of rotatable bonds is 6. The molecule has 0 aliphatic rings. The monoisotopic (exact) mass is 497 g/mol. The summed E-state index contributed by atoms with van der Waals surface area (Å²) in [6, 6.07) is 6.42. The zero-order valence-electron chi connectivity index (χ0n) is 16.3. The van der Waals surface area contributed by atoms with E-state index in [0.717, 1.165) is 29.6 Å². The number of fused-ring (bicyclic) bond motifs is 1. The highest BCUT2D eigenvalue weighted by Crippen LogP contribution is 2.21. The van der Waals surface area contributed by atoms with Crippen molar-refractivity contribution in [3.63, 3.8) is 0 Å². The number of benzene rings is 1. The number of aromatic amines is 1. The first-order valence-corrected chi connectivity index (χ1v) is 9.91. The second kappa shape index (κ2) is 10.1. The Kier molecular flexibility index (Phi) is 8.09. The zero-order valence-corrected chi connectivity index (χ0v) is 19.4. The number of nitrogens with zero attached hydrogens (tertiary/aromatic N) is 2. The second-order valence-corrected chi connectivity index (χ2v) is 7.68. The minimum absolute atomic E-state index is 0. The number of guanidine groups is 1. The molecular weight excluding hydrogens is 469 g/mol. The largest absolute Gasteiger partial charge is 0.361 e. The molecule has 3 N–H and O–H groups in total. The van der Waals surface area contributed by atoms with Crippen molar-refractivity contribution in [3.8, 4) is 0 Å². The third-order valence-corrected chi connectivity index (χ3v) is 5.36.